The highest BCUT2D eigenvalue weighted by Crippen LogP contribution is 2.25. The zero-order valence-corrected chi connectivity index (χ0v) is 11.8. The fraction of sp³-hybridized carbons (Fsp3) is 0.154. The standard InChI is InChI=1S/C13H11N3OS2/c1-8-14-9(7-18-8)6-12(17)16-13-15-10-4-2-3-5-11(10)19-13/h2-5,7H,6H2,1H3,(H,15,16,17). The third-order valence-corrected chi connectivity index (χ3v) is 4.32. The van der Waals surface area contributed by atoms with E-state index in [0.717, 1.165) is 20.9 Å². The van der Waals surface area contributed by atoms with Crippen LogP contribution >= 0.6 is 22.7 Å². The molecule has 0 saturated heterocycles. The number of para-hydroxylation sites is 1. The second-order valence-corrected chi connectivity index (χ2v) is 6.16. The maximum atomic E-state index is 11.9. The lowest BCUT2D eigenvalue weighted by atomic mass is 10.3. The minimum absolute atomic E-state index is 0.0793. The van der Waals surface area contributed by atoms with Crippen LogP contribution in [0.15, 0.2) is 29.6 Å². The molecule has 0 aliphatic rings. The minimum Gasteiger partial charge on any atom is -0.302 e. The maximum absolute atomic E-state index is 11.9. The van der Waals surface area contributed by atoms with Crippen LogP contribution in [0.3, 0.4) is 0 Å². The fourth-order valence-electron chi connectivity index (χ4n) is 1.74. The van der Waals surface area contributed by atoms with Gasteiger partial charge in [0, 0.05) is 5.38 Å². The molecule has 3 rings (SSSR count). The van der Waals surface area contributed by atoms with E-state index in [9.17, 15) is 4.79 Å². The van der Waals surface area contributed by atoms with Gasteiger partial charge in [-0.2, -0.15) is 0 Å². The van der Waals surface area contributed by atoms with E-state index >= 15 is 0 Å². The molecule has 0 aliphatic carbocycles. The number of thiazole rings is 2. The van der Waals surface area contributed by atoms with Crippen LogP contribution < -0.4 is 5.32 Å². The summed E-state index contributed by atoms with van der Waals surface area (Å²) in [6.07, 6.45) is 0.292. The highest BCUT2D eigenvalue weighted by molar-refractivity contribution is 7.22. The average Bonchev–Trinajstić information content (AvgIpc) is 2.94. The molecule has 0 aliphatic heterocycles. The van der Waals surface area contributed by atoms with Crippen molar-refractivity contribution in [1.82, 2.24) is 9.97 Å². The van der Waals surface area contributed by atoms with Gasteiger partial charge in [0.25, 0.3) is 0 Å². The number of anilines is 1. The maximum Gasteiger partial charge on any atom is 0.232 e. The Hall–Kier alpha value is -1.79. The van der Waals surface area contributed by atoms with Gasteiger partial charge in [-0.25, -0.2) is 9.97 Å². The van der Waals surface area contributed by atoms with Crippen LogP contribution in [0.4, 0.5) is 5.13 Å². The number of aromatic nitrogens is 2. The smallest absolute Gasteiger partial charge is 0.232 e. The van der Waals surface area contributed by atoms with Crippen molar-refractivity contribution in [3.63, 3.8) is 0 Å². The first-order valence-electron chi connectivity index (χ1n) is 5.77. The van der Waals surface area contributed by atoms with Crippen molar-refractivity contribution in [2.45, 2.75) is 13.3 Å². The van der Waals surface area contributed by atoms with E-state index in [1.807, 2.05) is 36.6 Å². The number of amides is 1. The molecule has 1 N–H and O–H groups in total. The summed E-state index contributed by atoms with van der Waals surface area (Å²) in [5.74, 6) is -0.0793. The molecular weight excluding hydrogens is 278 g/mol. The molecule has 0 atom stereocenters. The Balaban J connectivity index is 1.72. The lowest BCUT2D eigenvalue weighted by Gasteiger charge is -1.98. The van der Waals surface area contributed by atoms with Crippen LogP contribution in [0.25, 0.3) is 10.2 Å². The second-order valence-electron chi connectivity index (χ2n) is 4.07. The average molecular weight is 289 g/mol. The Morgan fingerprint density at radius 1 is 1.32 bits per heavy atom. The minimum atomic E-state index is -0.0793. The van der Waals surface area contributed by atoms with Crippen molar-refractivity contribution >= 4 is 43.9 Å². The summed E-state index contributed by atoms with van der Waals surface area (Å²) >= 11 is 3.03. The number of carbonyl (C=O) groups is 1. The quantitative estimate of drug-likeness (QED) is 0.805. The van der Waals surface area contributed by atoms with Gasteiger partial charge in [-0.15, -0.1) is 11.3 Å². The Labute approximate surface area is 118 Å². The lowest BCUT2D eigenvalue weighted by molar-refractivity contribution is -0.115. The highest BCUT2D eigenvalue weighted by atomic mass is 32.1. The predicted molar refractivity (Wildman–Crippen MR) is 78.8 cm³/mol. The molecule has 0 saturated carbocycles. The number of hydrogen-bond acceptors (Lipinski definition) is 5. The summed E-state index contributed by atoms with van der Waals surface area (Å²) in [5, 5.41) is 6.34. The van der Waals surface area contributed by atoms with Gasteiger partial charge in [-0.3, -0.25) is 4.79 Å². The Kier molecular flexibility index (Phi) is 3.27. The summed E-state index contributed by atoms with van der Waals surface area (Å²) < 4.78 is 1.07. The summed E-state index contributed by atoms with van der Waals surface area (Å²) in [4.78, 5) is 20.5. The molecule has 0 bridgehead atoms. The molecule has 3 aromatic rings. The molecule has 2 aromatic heterocycles. The van der Waals surface area contributed by atoms with Crippen LogP contribution in [-0.2, 0) is 11.2 Å². The topological polar surface area (TPSA) is 54.9 Å². The zero-order chi connectivity index (χ0) is 13.2. The van der Waals surface area contributed by atoms with Crippen LogP contribution in [-0.4, -0.2) is 15.9 Å². The highest BCUT2D eigenvalue weighted by Gasteiger charge is 2.09. The van der Waals surface area contributed by atoms with Crippen molar-refractivity contribution < 1.29 is 4.79 Å². The van der Waals surface area contributed by atoms with Gasteiger partial charge < -0.3 is 5.32 Å². The Morgan fingerprint density at radius 2 is 2.16 bits per heavy atom. The van der Waals surface area contributed by atoms with Gasteiger partial charge in [-0.05, 0) is 19.1 Å². The molecule has 0 spiro atoms. The first kappa shape index (κ1) is 12.3. The van der Waals surface area contributed by atoms with E-state index < -0.39 is 0 Å². The molecule has 6 heteroatoms. The van der Waals surface area contributed by atoms with Crippen molar-refractivity contribution in [2.75, 3.05) is 5.32 Å². The Bertz CT molecular complexity index is 699. The normalized spacial score (nSPS) is 10.8. The molecule has 1 amide bonds. The van der Waals surface area contributed by atoms with E-state index in [2.05, 4.69) is 15.3 Å². The lowest BCUT2D eigenvalue weighted by Crippen LogP contribution is -2.14. The predicted octanol–water partition coefficient (Wildman–Crippen LogP) is 3.24. The number of aryl methyl sites for hydroxylation is 1. The first-order chi connectivity index (χ1) is 9.20. The number of nitrogens with one attached hydrogen (secondary N) is 1. The van der Waals surface area contributed by atoms with E-state index in [1.54, 1.807) is 11.3 Å². The number of carbonyl (C=O) groups excluding carboxylic acids is 1. The number of fused-ring (bicyclic) bond motifs is 1. The van der Waals surface area contributed by atoms with Crippen LogP contribution in [0.2, 0.25) is 0 Å². The van der Waals surface area contributed by atoms with Gasteiger partial charge in [0.1, 0.15) is 0 Å². The molecule has 1 aromatic carbocycles. The van der Waals surface area contributed by atoms with Gasteiger partial charge in [0.05, 0.1) is 27.3 Å². The SMILES string of the molecule is Cc1nc(CC(=O)Nc2nc3ccccc3s2)cs1. The number of benzene rings is 1. The van der Waals surface area contributed by atoms with E-state index in [1.165, 1.54) is 11.3 Å². The zero-order valence-electron chi connectivity index (χ0n) is 10.2. The first-order valence-corrected chi connectivity index (χ1v) is 7.47. The van der Waals surface area contributed by atoms with E-state index in [4.69, 9.17) is 0 Å². The van der Waals surface area contributed by atoms with Crippen LogP contribution in [0.1, 0.15) is 10.7 Å². The Morgan fingerprint density at radius 3 is 2.89 bits per heavy atom. The second kappa shape index (κ2) is 5.07. The van der Waals surface area contributed by atoms with Crippen LogP contribution in [0.5, 0.6) is 0 Å². The number of rotatable bonds is 3. The molecule has 0 radical (unpaired) electrons. The summed E-state index contributed by atoms with van der Waals surface area (Å²) in [7, 11) is 0. The fourth-order valence-corrected chi connectivity index (χ4v) is 3.24. The molecule has 19 heavy (non-hydrogen) atoms. The molecule has 4 nitrogen and oxygen atoms in total. The molecule has 0 fully saturated rings. The third kappa shape index (κ3) is 2.80. The summed E-state index contributed by atoms with van der Waals surface area (Å²) in [6, 6.07) is 7.83. The molecule has 2 heterocycles. The number of nitrogens with zero attached hydrogens (tertiary/aromatic N) is 2. The molecule has 0 unspecified atom stereocenters. The van der Waals surface area contributed by atoms with Gasteiger partial charge in [-0.1, -0.05) is 23.5 Å². The van der Waals surface area contributed by atoms with E-state index in [0.29, 0.717) is 11.6 Å². The molecule has 96 valence electrons. The largest absolute Gasteiger partial charge is 0.302 e. The van der Waals surface area contributed by atoms with Crippen molar-refractivity contribution in [2.24, 2.45) is 0 Å². The monoisotopic (exact) mass is 289 g/mol. The summed E-state index contributed by atoms with van der Waals surface area (Å²) in [5.41, 5.74) is 1.72. The third-order valence-electron chi connectivity index (χ3n) is 2.55. The van der Waals surface area contributed by atoms with Gasteiger partial charge >= 0.3 is 0 Å². The van der Waals surface area contributed by atoms with Gasteiger partial charge in [0.15, 0.2) is 5.13 Å². The van der Waals surface area contributed by atoms with Crippen molar-refractivity contribution in [1.29, 1.82) is 0 Å². The van der Waals surface area contributed by atoms with Crippen molar-refractivity contribution in [3.05, 3.63) is 40.3 Å². The van der Waals surface area contributed by atoms with E-state index in [-0.39, 0.29) is 5.91 Å². The summed E-state index contributed by atoms with van der Waals surface area (Å²) in [6.45, 7) is 1.93. The van der Waals surface area contributed by atoms with Gasteiger partial charge in [0.2, 0.25) is 5.91 Å². The van der Waals surface area contributed by atoms with Crippen molar-refractivity contribution in [3.8, 4) is 0 Å². The molecular formula is C13H11N3OS2. The number of hydrogen-bond donors (Lipinski definition) is 1. The van der Waals surface area contributed by atoms with Crippen LogP contribution in [0, 0.1) is 6.92 Å².